The van der Waals surface area contributed by atoms with E-state index in [1.165, 1.54) is 6.07 Å². The zero-order chi connectivity index (χ0) is 15.5. The third kappa shape index (κ3) is 4.57. The summed E-state index contributed by atoms with van der Waals surface area (Å²) in [6, 6.07) is 1.24. The normalized spacial score (nSPS) is 22.7. The molecule has 0 aromatic carbocycles. The summed E-state index contributed by atoms with van der Waals surface area (Å²) in [6.07, 6.45) is -2.37. The maximum atomic E-state index is 12.7. The predicted molar refractivity (Wildman–Crippen MR) is 68.2 cm³/mol. The minimum absolute atomic E-state index is 0.100. The minimum Gasteiger partial charge on any atom is -0.335 e. The van der Waals surface area contributed by atoms with Gasteiger partial charge in [-0.25, -0.2) is 14.2 Å². The molecule has 0 unspecified atom stereocenters. The number of rotatable bonds is 2. The van der Waals surface area contributed by atoms with Crippen molar-refractivity contribution >= 4 is 11.8 Å². The van der Waals surface area contributed by atoms with E-state index in [2.05, 4.69) is 15.6 Å². The highest BCUT2D eigenvalue weighted by Crippen LogP contribution is 2.37. The molecule has 1 saturated carbocycles. The van der Waals surface area contributed by atoms with Crippen molar-refractivity contribution in [3.63, 3.8) is 0 Å². The summed E-state index contributed by atoms with van der Waals surface area (Å²) in [5, 5.41) is 4.86. The second-order valence-electron chi connectivity index (χ2n) is 5.06. The lowest BCUT2D eigenvalue weighted by molar-refractivity contribution is -0.183. The van der Waals surface area contributed by atoms with E-state index in [1.807, 2.05) is 0 Å². The van der Waals surface area contributed by atoms with Gasteiger partial charge in [0.15, 0.2) is 0 Å². The van der Waals surface area contributed by atoms with Crippen molar-refractivity contribution < 1.29 is 22.4 Å². The summed E-state index contributed by atoms with van der Waals surface area (Å²) in [7, 11) is 0. The summed E-state index contributed by atoms with van der Waals surface area (Å²) in [5.41, 5.74) is 0. The second-order valence-corrected chi connectivity index (χ2v) is 5.06. The van der Waals surface area contributed by atoms with Gasteiger partial charge in [0, 0.05) is 6.04 Å². The van der Waals surface area contributed by atoms with Crippen LogP contribution in [0.25, 0.3) is 0 Å². The number of aromatic nitrogens is 1. The van der Waals surface area contributed by atoms with Gasteiger partial charge < -0.3 is 5.32 Å². The van der Waals surface area contributed by atoms with Crippen molar-refractivity contribution in [2.75, 3.05) is 5.32 Å². The number of nitrogens with one attached hydrogen (secondary N) is 2. The van der Waals surface area contributed by atoms with Crippen molar-refractivity contribution in [2.24, 2.45) is 5.92 Å². The highest BCUT2D eigenvalue weighted by molar-refractivity contribution is 5.88. The molecule has 2 atom stereocenters. The molecule has 1 heterocycles. The summed E-state index contributed by atoms with van der Waals surface area (Å²) in [4.78, 5) is 15.3. The van der Waals surface area contributed by atoms with Crippen molar-refractivity contribution in [3.8, 4) is 0 Å². The van der Waals surface area contributed by atoms with Crippen LogP contribution in [0.3, 0.4) is 0 Å². The Kier molecular flexibility index (Phi) is 4.64. The molecule has 21 heavy (non-hydrogen) atoms. The average Bonchev–Trinajstić information content (AvgIpc) is 2.41. The minimum atomic E-state index is -4.23. The molecular formula is C13H15F4N3O. The monoisotopic (exact) mass is 305 g/mol. The van der Waals surface area contributed by atoms with Crippen LogP contribution in [0.15, 0.2) is 18.3 Å². The van der Waals surface area contributed by atoms with Crippen LogP contribution in [0.2, 0.25) is 0 Å². The van der Waals surface area contributed by atoms with E-state index in [0.29, 0.717) is 12.8 Å². The summed E-state index contributed by atoms with van der Waals surface area (Å²) >= 11 is 0. The molecule has 116 valence electrons. The molecule has 0 radical (unpaired) electrons. The van der Waals surface area contributed by atoms with Crippen molar-refractivity contribution in [1.82, 2.24) is 10.3 Å². The highest BCUT2D eigenvalue weighted by atomic mass is 19.4. The molecule has 1 aliphatic carbocycles. The van der Waals surface area contributed by atoms with Crippen LogP contribution in [0, 0.1) is 11.7 Å². The number of carbonyl (C=O) groups is 1. The molecule has 8 heteroatoms. The molecule has 4 nitrogen and oxygen atoms in total. The first-order valence-corrected chi connectivity index (χ1v) is 6.60. The van der Waals surface area contributed by atoms with Crippen molar-refractivity contribution in [1.29, 1.82) is 0 Å². The van der Waals surface area contributed by atoms with E-state index in [9.17, 15) is 22.4 Å². The highest BCUT2D eigenvalue weighted by Gasteiger charge is 2.42. The number of carbonyl (C=O) groups excluding carboxylic acids is 1. The standard InChI is InChI=1S/C13H15F4N3O/c14-9-4-5-11(18-7-9)20-12(21)19-10-3-1-2-8(6-10)13(15,16)17/h4-5,7-8,10H,1-3,6H2,(H2,18,19,20,21)/t8-,10-/m1/s1. The lowest BCUT2D eigenvalue weighted by Crippen LogP contribution is -2.43. The number of nitrogens with zero attached hydrogens (tertiary/aromatic N) is 1. The zero-order valence-corrected chi connectivity index (χ0v) is 11.1. The Bertz CT molecular complexity index is 489. The molecule has 0 bridgehead atoms. The Balaban J connectivity index is 1.86. The van der Waals surface area contributed by atoms with Gasteiger partial charge >= 0.3 is 12.2 Å². The Hall–Kier alpha value is -1.86. The molecule has 2 amide bonds. The van der Waals surface area contributed by atoms with Gasteiger partial charge in [0.25, 0.3) is 0 Å². The number of hydrogen-bond donors (Lipinski definition) is 2. The van der Waals surface area contributed by atoms with Gasteiger partial charge in [-0.1, -0.05) is 6.42 Å². The molecule has 0 saturated heterocycles. The number of halogens is 4. The van der Waals surface area contributed by atoms with E-state index in [0.717, 1.165) is 12.3 Å². The summed E-state index contributed by atoms with van der Waals surface area (Å²) in [5.74, 6) is -1.78. The fourth-order valence-electron chi connectivity index (χ4n) is 2.41. The smallest absolute Gasteiger partial charge is 0.335 e. The van der Waals surface area contributed by atoms with E-state index in [1.54, 1.807) is 0 Å². The fourth-order valence-corrected chi connectivity index (χ4v) is 2.41. The number of alkyl halides is 3. The summed E-state index contributed by atoms with van der Waals surface area (Å²) < 4.78 is 50.6. The number of urea groups is 1. The lowest BCUT2D eigenvalue weighted by Gasteiger charge is -2.30. The SMILES string of the molecule is O=C(Nc1ccc(F)cn1)N[C@@H]1CCC[C@@H](C(F)(F)F)C1. The van der Waals surface area contributed by atoms with Crippen LogP contribution < -0.4 is 10.6 Å². The summed E-state index contributed by atoms with van der Waals surface area (Å²) in [6.45, 7) is 0. The Morgan fingerprint density at radius 1 is 1.29 bits per heavy atom. The predicted octanol–water partition coefficient (Wildman–Crippen LogP) is 3.46. The lowest BCUT2D eigenvalue weighted by atomic mass is 9.85. The Morgan fingerprint density at radius 3 is 2.67 bits per heavy atom. The van der Waals surface area contributed by atoms with Crippen LogP contribution in [-0.4, -0.2) is 23.2 Å². The maximum absolute atomic E-state index is 12.7. The van der Waals surface area contributed by atoms with Gasteiger partial charge in [0.05, 0.1) is 12.1 Å². The zero-order valence-electron chi connectivity index (χ0n) is 11.1. The maximum Gasteiger partial charge on any atom is 0.391 e. The molecule has 2 N–H and O–H groups in total. The Morgan fingerprint density at radius 2 is 2.05 bits per heavy atom. The van der Waals surface area contributed by atoms with Crippen LogP contribution in [0.1, 0.15) is 25.7 Å². The molecule has 0 aliphatic heterocycles. The van der Waals surface area contributed by atoms with Crippen LogP contribution >= 0.6 is 0 Å². The number of hydrogen-bond acceptors (Lipinski definition) is 2. The topological polar surface area (TPSA) is 54.0 Å². The molecule has 1 aromatic heterocycles. The van der Waals surface area contributed by atoms with Crippen LogP contribution in [0.5, 0.6) is 0 Å². The first-order valence-electron chi connectivity index (χ1n) is 6.60. The van der Waals surface area contributed by atoms with E-state index in [4.69, 9.17) is 0 Å². The largest absolute Gasteiger partial charge is 0.391 e. The van der Waals surface area contributed by atoms with Crippen molar-refractivity contribution in [2.45, 2.75) is 37.9 Å². The van der Waals surface area contributed by atoms with Gasteiger partial charge in [-0.2, -0.15) is 13.2 Å². The van der Waals surface area contributed by atoms with Gasteiger partial charge in [0.1, 0.15) is 11.6 Å². The third-order valence-corrected chi connectivity index (χ3v) is 3.44. The second kappa shape index (κ2) is 6.28. The molecule has 0 spiro atoms. The average molecular weight is 305 g/mol. The molecular weight excluding hydrogens is 290 g/mol. The van der Waals surface area contributed by atoms with Crippen LogP contribution in [-0.2, 0) is 0 Å². The number of anilines is 1. The van der Waals surface area contributed by atoms with Crippen molar-refractivity contribution in [3.05, 3.63) is 24.1 Å². The van der Waals surface area contributed by atoms with E-state index in [-0.39, 0.29) is 18.7 Å². The Labute approximate surface area is 118 Å². The number of amides is 2. The molecule has 1 aliphatic rings. The first kappa shape index (κ1) is 15.5. The fraction of sp³-hybridized carbons (Fsp3) is 0.538. The third-order valence-electron chi connectivity index (χ3n) is 3.44. The molecule has 2 rings (SSSR count). The van der Waals surface area contributed by atoms with Gasteiger partial charge in [0.2, 0.25) is 0 Å². The van der Waals surface area contributed by atoms with Gasteiger partial charge in [-0.05, 0) is 31.4 Å². The molecule has 1 aromatic rings. The number of pyridine rings is 1. The van der Waals surface area contributed by atoms with E-state index < -0.39 is 30.0 Å². The molecule has 1 fully saturated rings. The first-order chi connectivity index (χ1) is 9.84. The van der Waals surface area contributed by atoms with Gasteiger partial charge in [-0.3, -0.25) is 5.32 Å². The quantitative estimate of drug-likeness (QED) is 0.822. The van der Waals surface area contributed by atoms with E-state index >= 15 is 0 Å². The van der Waals surface area contributed by atoms with Gasteiger partial charge in [-0.15, -0.1) is 0 Å². The van der Waals surface area contributed by atoms with Crippen LogP contribution in [0.4, 0.5) is 28.2 Å².